The lowest BCUT2D eigenvalue weighted by Gasteiger charge is -2.15. The van der Waals surface area contributed by atoms with E-state index in [2.05, 4.69) is 28.8 Å². The largest absolute Gasteiger partial charge is 0.508 e. The van der Waals surface area contributed by atoms with E-state index in [1.807, 2.05) is 6.07 Å². The molecule has 0 amide bonds. The Bertz CT molecular complexity index is 568. The van der Waals surface area contributed by atoms with Gasteiger partial charge in [-0.05, 0) is 36.5 Å². The third-order valence-electron chi connectivity index (χ3n) is 3.59. The normalized spacial score (nSPS) is 21.9. The van der Waals surface area contributed by atoms with Crippen molar-refractivity contribution in [2.24, 2.45) is 0 Å². The van der Waals surface area contributed by atoms with Crippen molar-refractivity contribution in [3.8, 4) is 5.75 Å². The summed E-state index contributed by atoms with van der Waals surface area (Å²) in [6.45, 7) is 4.31. The van der Waals surface area contributed by atoms with Gasteiger partial charge in [0, 0.05) is 17.1 Å². The van der Waals surface area contributed by atoms with Crippen molar-refractivity contribution >= 4 is 16.5 Å². The summed E-state index contributed by atoms with van der Waals surface area (Å²) in [4.78, 5) is 0. The molecule has 2 N–H and O–H groups in total. The first kappa shape index (κ1) is 11.5. The first-order chi connectivity index (χ1) is 8.66. The molecule has 4 nitrogen and oxygen atoms in total. The third-order valence-corrected chi connectivity index (χ3v) is 4.19. The van der Waals surface area contributed by atoms with E-state index in [9.17, 15) is 5.11 Å². The summed E-state index contributed by atoms with van der Waals surface area (Å²) in [6, 6.07) is 3.92. The van der Waals surface area contributed by atoms with Crippen LogP contribution in [-0.4, -0.2) is 14.7 Å². The Labute approximate surface area is 110 Å². The smallest absolute Gasteiger partial charge is 0.130 e. The fourth-order valence-corrected chi connectivity index (χ4v) is 3.35. The van der Waals surface area contributed by atoms with Gasteiger partial charge < -0.3 is 10.4 Å². The minimum atomic E-state index is 0.150. The molecule has 0 spiro atoms. The maximum atomic E-state index is 10.1. The minimum Gasteiger partial charge on any atom is -0.508 e. The number of hydrogen-bond donors (Lipinski definition) is 2. The molecule has 0 aliphatic heterocycles. The van der Waals surface area contributed by atoms with Crippen molar-refractivity contribution in [1.82, 2.24) is 9.59 Å². The highest BCUT2D eigenvalue weighted by Crippen LogP contribution is 2.47. The topological polar surface area (TPSA) is 58.0 Å². The van der Waals surface area contributed by atoms with E-state index in [0.29, 0.717) is 11.7 Å². The Morgan fingerprint density at radius 2 is 2.22 bits per heavy atom. The first-order valence-electron chi connectivity index (χ1n) is 6.03. The van der Waals surface area contributed by atoms with Crippen molar-refractivity contribution in [3.63, 3.8) is 0 Å². The molecule has 0 saturated carbocycles. The predicted molar refractivity (Wildman–Crippen MR) is 72.1 cm³/mol. The van der Waals surface area contributed by atoms with Gasteiger partial charge in [-0.2, -0.15) is 0 Å². The second-order valence-electron chi connectivity index (χ2n) is 4.84. The zero-order valence-electron chi connectivity index (χ0n) is 10.3. The molecule has 1 aromatic carbocycles. The Morgan fingerprint density at radius 3 is 2.94 bits per heavy atom. The zero-order valence-corrected chi connectivity index (χ0v) is 11.2. The van der Waals surface area contributed by atoms with Gasteiger partial charge in [-0.1, -0.05) is 17.5 Å². The van der Waals surface area contributed by atoms with Gasteiger partial charge >= 0.3 is 0 Å². The lowest BCUT2D eigenvalue weighted by Crippen LogP contribution is -2.06. The van der Waals surface area contributed by atoms with Crippen LogP contribution in [0, 0.1) is 6.92 Å². The summed E-state index contributed by atoms with van der Waals surface area (Å²) in [6.07, 6.45) is 2.71. The molecule has 18 heavy (non-hydrogen) atoms. The molecule has 1 heterocycles. The number of nitrogens with one attached hydrogen (secondary N) is 1. The molecule has 3 rings (SSSR count). The van der Waals surface area contributed by atoms with Crippen molar-refractivity contribution in [2.75, 3.05) is 5.32 Å². The number of phenols is 1. The fraction of sp³-hybridized carbons (Fsp3) is 0.385. The summed E-state index contributed by atoms with van der Waals surface area (Å²) in [7, 11) is 0. The van der Waals surface area contributed by atoms with Crippen LogP contribution in [0.2, 0.25) is 0 Å². The number of anilines is 1. The van der Waals surface area contributed by atoms with Crippen molar-refractivity contribution in [3.05, 3.63) is 35.0 Å². The van der Waals surface area contributed by atoms with E-state index < -0.39 is 0 Å². The highest BCUT2D eigenvalue weighted by atomic mass is 32.1. The summed E-state index contributed by atoms with van der Waals surface area (Å²) >= 11 is 1.34. The Hall–Kier alpha value is -1.62. The molecule has 1 aromatic heterocycles. The van der Waals surface area contributed by atoms with Crippen molar-refractivity contribution in [2.45, 2.75) is 32.2 Å². The summed E-state index contributed by atoms with van der Waals surface area (Å²) in [5.74, 6) is 0.848. The second-order valence-corrected chi connectivity index (χ2v) is 5.63. The van der Waals surface area contributed by atoms with Gasteiger partial charge in [0.15, 0.2) is 0 Å². The van der Waals surface area contributed by atoms with E-state index in [-0.39, 0.29) is 6.04 Å². The van der Waals surface area contributed by atoms with Crippen LogP contribution in [0.3, 0.4) is 0 Å². The Kier molecular flexibility index (Phi) is 2.70. The molecule has 0 bridgehead atoms. The molecule has 1 aliphatic carbocycles. The standard InChI is InChI=1S/C13H15N3OS/c1-7-3-4-10(17)13-9(5-8(2)12(7)13)15-11-6-14-16-18-11/h3-4,6,8-9,15,17H,5H2,1-2H3. The van der Waals surface area contributed by atoms with Crippen LogP contribution in [-0.2, 0) is 0 Å². The van der Waals surface area contributed by atoms with Gasteiger partial charge in [-0.3, -0.25) is 0 Å². The molecule has 2 unspecified atom stereocenters. The number of aromatic hydroxyl groups is 1. The van der Waals surface area contributed by atoms with Gasteiger partial charge in [0.25, 0.3) is 0 Å². The van der Waals surface area contributed by atoms with E-state index in [0.717, 1.165) is 17.0 Å². The molecule has 0 fully saturated rings. The minimum absolute atomic E-state index is 0.150. The number of aromatic nitrogens is 2. The van der Waals surface area contributed by atoms with Crippen LogP contribution in [0.25, 0.3) is 0 Å². The van der Waals surface area contributed by atoms with Crippen LogP contribution < -0.4 is 5.32 Å². The molecule has 2 atom stereocenters. The molecular weight excluding hydrogens is 246 g/mol. The molecule has 2 aromatic rings. The summed E-state index contributed by atoms with van der Waals surface area (Å²) in [5.41, 5.74) is 3.57. The average Bonchev–Trinajstić information content (AvgIpc) is 2.93. The molecular formula is C13H15N3OS. The number of nitrogens with zero attached hydrogens (tertiary/aromatic N) is 2. The van der Waals surface area contributed by atoms with Gasteiger partial charge in [0.1, 0.15) is 10.8 Å². The second kappa shape index (κ2) is 4.24. The van der Waals surface area contributed by atoms with Gasteiger partial charge in [0.2, 0.25) is 0 Å². The average molecular weight is 261 g/mol. The van der Waals surface area contributed by atoms with Crippen LogP contribution in [0.1, 0.15) is 42.0 Å². The fourth-order valence-electron chi connectivity index (χ4n) is 2.88. The van der Waals surface area contributed by atoms with E-state index in [4.69, 9.17) is 0 Å². The number of phenolic OH excluding ortho intramolecular Hbond substituents is 1. The maximum absolute atomic E-state index is 10.1. The SMILES string of the molecule is Cc1ccc(O)c2c1C(C)CC2Nc1cnns1. The molecule has 94 valence electrons. The summed E-state index contributed by atoms with van der Waals surface area (Å²) in [5, 5.41) is 18.3. The van der Waals surface area contributed by atoms with Crippen LogP contribution in [0.15, 0.2) is 18.3 Å². The number of aryl methyl sites for hydroxylation is 1. The lowest BCUT2D eigenvalue weighted by atomic mass is 9.97. The predicted octanol–water partition coefficient (Wildman–Crippen LogP) is 3.21. The van der Waals surface area contributed by atoms with Crippen molar-refractivity contribution < 1.29 is 5.11 Å². The lowest BCUT2D eigenvalue weighted by molar-refractivity contribution is 0.465. The number of rotatable bonds is 2. The highest BCUT2D eigenvalue weighted by molar-refractivity contribution is 7.09. The van der Waals surface area contributed by atoms with Crippen LogP contribution >= 0.6 is 11.5 Å². The highest BCUT2D eigenvalue weighted by Gasteiger charge is 2.32. The molecule has 1 aliphatic rings. The Balaban J connectivity index is 2.00. The van der Waals surface area contributed by atoms with Gasteiger partial charge in [-0.15, -0.1) is 5.10 Å². The van der Waals surface area contributed by atoms with E-state index in [1.54, 1.807) is 12.3 Å². The third kappa shape index (κ3) is 1.75. The molecule has 0 saturated heterocycles. The van der Waals surface area contributed by atoms with Gasteiger partial charge in [0.05, 0.1) is 12.2 Å². The van der Waals surface area contributed by atoms with Crippen LogP contribution in [0.5, 0.6) is 5.75 Å². The van der Waals surface area contributed by atoms with Crippen molar-refractivity contribution in [1.29, 1.82) is 0 Å². The number of fused-ring (bicyclic) bond motifs is 1. The first-order valence-corrected chi connectivity index (χ1v) is 6.80. The number of hydrogen-bond acceptors (Lipinski definition) is 5. The van der Waals surface area contributed by atoms with Crippen LogP contribution in [0.4, 0.5) is 5.00 Å². The maximum Gasteiger partial charge on any atom is 0.130 e. The van der Waals surface area contributed by atoms with E-state index >= 15 is 0 Å². The summed E-state index contributed by atoms with van der Waals surface area (Å²) < 4.78 is 3.85. The zero-order chi connectivity index (χ0) is 12.7. The molecule has 5 heteroatoms. The van der Waals surface area contributed by atoms with E-state index in [1.165, 1.54) is 22.7 Å². The molecule has 0 radical (unpaired) electrons. The Morgan fingerprint density at radius 1 is 1.39 bits per heavy atom. The van der Waals surface area contributed by atoms with Gasteiger partial charge in [-0.25, -0.2) is 0 Å². The monoisotopic (exact) mass is 261 g/mol. The number of benzene rings is 1. The quantitative estimate of drug-likeness (QED) is 0.871.